The van der Waals surface area contributed by atoms with Gasteiger partial charge in [-0.1, -0.05) is 6.92 Å². The van der Waals surface area contributed by atoms with Gasteiger partial charge in [-0.2, -0.15) is 0 Å². The lowest BCUT2D eigenvalue weighted by Gasteiger charge is -2.18. The molecule has 1 unspecified atom stereocenters. The third-order valence-electron chi connectivity index (χ3n) is 4.43. The summed E-state index contributed by atoms with van der Waals surface area (Å²) >= 11 is 0. The van der Waals surface area contributed by atoms with E-state index in [1.807, 2.05) is 6.20 Å². The Balaban J connectivity index is 1.60. The van der Waals surface area contributed by atoms with Crippen LogP contribution in [0.2, 0.25) is 0 Å². The van der Waals surface area contributed by atoms with Crippen LogP contribution in [0, 0.1) is 11.8 Å². The number of hydrogen-bond acceptors (Lipinski definition) is 3. The third-order valence-corrected chi connectivity index (χ3v) is 4.43. The molecule has 4 nitrogen and oxygen atoms in total. The molecule has 100 valence electrons. The Labute approximate surface area is 109 Å². The van der Waals surface area contributed by atoms with E-state index in [9.17, 15) is 5.11 Å². The van der Waals surface area contributed by atoms with Crippen LogP contribution < -0.4 is 0 Å². The molecule has 0 radical (unpaired) electrons. The van der Waals surface area contributed by atoms with Gasteiger partial charge in [0.2, 0.25) is 0 Å². The minimum atomic E-state index is -0.0378. The Bertz CT molecular complexity index is 389. The number of aliphatic hydroxyl groups excluding tert-OH is 1. The van der Waals surface area contributed by atoms with Crippen LogP contribution in [0.5, 0.6) is 0 Å². The van der Waals surface area contributed by atoms with Crippen LogP contribution in [0.4, 0.5) is 0 Å². The van der Waals surface area contributed by atoms with E-state index in [2.05, 4.69) is 27.6 Å². The molecule has 2 aliphatic rings. The number of aliphatic hydroxyl groups is 1. The number of nitrogens with zero attached hydrogens (tertiary/aromatic N) is 3. The molecule has 0 amide bonds. The lowest BCUT2D eigenvalue weighted by molar-refractivity contribution is 0.160. The summed E-state index contributed by atoms with van der Waals surface area (Å²) in [7, 11) is 0. The van der Waals surface area contributed by atoms with Crippen LogP contribution >= 0.6 is 0 Å². The molecule has 18 heavy (non-hydrogen) atoms. The maximum absolute atomic E-state index is 9.66. The Hall–Kier alpha value is -0.870. The van der Waals surface area contributed by atoms with E-state index in [0.29, 0.717) is 0 Å². The second kappa shape index (κ2) is 5.02. The maximum atomic E-state index is 9.66. The van der Waals surface area contributed by atoms with Crippen LogP contribution in [0.15, 0.2) is 12.4 Å². The van der Waals surface area contributed by atoms with Crippen molar-refractivity contribution in [3.05, 3.63) is 18.2 Å². The predicted molar refractivity (Wildman–Crippen MR) is 70.0 cm³/mol. The van der Waals surface area contributed by atoms with E-state index in [1.54, 1.807) is 0 Å². The van der Waals surface area contributed by atoms with Crippen molar-refractivity contribution in [1.29, 1.82) is 0 Å². The summed E-state index contributed by atoms with van der Waals surface area (Å²) in [6.45, 7) is 6.51. The molecule has 2 fully saturated rings. The zero-order valence-electron chi connectivity index (χ0n) is 11.1. The molecule has 4 heteroatoms. The number of fused-ring (bicyclic) bond motifs is 1. The summed E-state index contributed by atoms with van der Waals surface area (Å²) in [5.41, 5.74) is 0. The topological polar surface area (TPSA) is 41.3 Å². The third kappa shape index (κ3) is 2.31. The number of aromatic nitrogens is 2. The number of hydrogen-bond donors (Lipinski definition) is 1. The van der Waals surface area contributed by atoms with Crippen LogP contribution in [0.25, 0.3) is 0 Å². The van der Waals surface area contributed by atoms with Gasteiger partial charge in [-0.05, 0) is 31.1 Å². The van der Waals surface area contributed by atoms with Gasteiger partial charge in [-0.3, -0.25) is 4.90 Å². The highest BCUT2D eigenvalue weighted by Crippen LogP contribution is 2.38. The van der Waals surface area contributed by atoms with Crippen molar-refractivity contribution in [2.75, 3.05) is 13.1 Å². The van der Waals surface area contributed by atoms with Gasteiger partial charge in [0.15, 0.2) is 0 Å². The quantitative estimate of drug-likeness (QED) is 0.879. The monoisotopic (exact) mass is 249 g/mol. The highest BCUT2D eigenvalue weighted by molar-refractivity contribution is 4.97. The molecule has 3 rings (SSSR count). The van der Waals surface area contributed by atoms with Gasteiger partial charge in [0.05, 0.1) is 12.6 Å². The molecule has 0 spiro atoms. The second-order valence-electron chi connectivity index (χ2n) is 5.88. The van der Waals surface area contributed by atoms with Crippen molar-refractivity contribution in [2.24, 2.45) is 11.8 Å². The zero-order valence-corrected chi connectivity index (χ0v) is 11.1. The lowest BCUT2D eigenvalue weighted by atomic mass is 10.0. The fourth-order valence-corrected chi connectivity index (χ4v) is 3.63. The van der Waals surface area contributed by atoms with Crippen LogP contribution in [0.1, 0.15) is 32.0 Å². The first-order chi connectivity index (χ1) is 8.76. The van der Waals surface area contributed by atoms with E-state index >= 15 is 0 Å². The Kier molecular flexibility index (Phi) is 3.39. The van der Waals surface area contributed by atoms with E-state index in [-0.39, 0.29) is 6.10 Å². The SMILES string of the molecule is CCCn1ccnc1CN1C[C@H]2CC(O)C[C@H]2C1. The van der Waals surface area contributed by atoms with Crippen molar-refractivity contribution in [3.8, 4) is 0 Å². The largest absolute Gasteiger partial charge is 0.393 e. The van der Waals surface area contributed by atoms with Gasteiger partial charge in [0.1, 0.15) is 5.82 Å². The average Bonchev–Trinajstić information content (AvgIpc) is 2.95. The van der Waals surface area contributed by atoms with Gasteiger partial charge in [-0.15, -0.1) is 0 Å². The summed E-state index contributed by atoms with van der Waals surface area (Å²) in [6.07, 6.45) is 7.12. The van der Waals surface area contributed by atoms with E-state index < -0.39 is 0 Å². The number of likely N-dealkylation sites (tertiary alicyclic amines) is 1. The van der Waals surface area contributed by atoms with E-state index in [4.69, 9.17) is 0 Å². The normalized spacial score (nSPS) is 32.0. The Morgan fingerprint density at radius 2 is 2.06 bits per heavy atom. The molecule has 1 saturated heterocycles. The molecule has 1 aliphatic carbocycles. The predicted octanol–water partition coefficient (Wildman–Crippen LogP) is 1.50. The number of imidazole rings is 1. The summed E-state index contributed by atoms with van der Waals surface area (Å²) in [4.78, 5) is 6.99. The van der Waals surface area contributed by atoms with Crippen molar-refractivity contribution < 1.29 is 5.11 Å². The first kappa shape index (κ1) is 12.2. The van der Waals surface area contributed by atoms with Crippen molar-refractivity contribution in [2.45, 2.75) is 45.4 Å². The minimum Gasteiger partial charge on any atom is -0.393 e. The van der Waals surface area contributed by atoms with Gasteiger partial charge in [-0.25, -0.2) is 4.98 Å². The smallest absolute Gasteiger partial charge is 0.122 e. The molecule has 3 atom stereocenters. The highest BCUT2D eigenvalue weighted by Gasteiger charge is 2.40. The standard InChI is InChI=1S/C14H23N3O/c1-2-4-17-5-3-15-14(17)10-16-8-11-6-13(18)7-12(11)9-16/h3,5,11-13,18H,2,4,6-10H2,1H3/t11-,12+,13?. The molecule has 1 aromatic rings. The molecular weight excluding hydrogens is 226 g/mol. The first-order valence-electron chi connectivity index (χ1n) is 7.16. The fraction of sp³-hybridized carbons (Fsp3) is 0.786. The zero-order chi connectivity index (χ0) is 12.5. The summed E-state index contributed by atoms with van der Waals surface area (Å²) < 4.78 is 2.27. The van der Waals surface area contributed by atoms with Crippen LogP contribution in [-0.2, 0) is 13.1 Å². The van der Waals surface area contributed by atoms with Crippen LogP contribution in [0.3, 0.4) is 0 Å². The Morgan fingerprint density at radius 1 is 1.33 bits per heavy atom. The van der Waals surface area contributed by atoms with Crippen LogP contribution in [-0.4, -0.2) is 38.8 Å². The van der Waals surface area contributed by atoms with Crippen molar-refractivity contribution >= 4 is 0 Å². The molecule has 1 N–H and O–H groups in total. The van der Waals surface area contributed by atoms with Gasteiger partial charge >= 0.3 is 0 Å². The maximum Gasteiger partial charge on any atom is 0.122 e. The molecule has 2 heterocycles. The average molecular weight is 249 g/mol. The summed E-state index contributed by atoms with van der Waals surface area (Å²) in [5, 5.41) is 9.66. The number of aryl methyl sites for hydroxylation is 1. The molecule has 1 saturated carbocycles. The highest BCUT2D eigenvalue weighted by atomic mass is 16.3. The summed E-state index contributed by atoms with van der Waals surface area (Å²) in [5.74, 6) is 2.63. The molecule has 1 aromatic heterocycles. The molecule has 1 aliphatic heterocycles. The Morgan fingerprint density at radius 3 is 2.72 bits per heavy atom. The number of rotatable bonds is 4. The van der Waals surface area contributed by atoms with E-state index in [0.717, 1.165) is 57.3 Å². The van der Waals surface area contributed by atoms with Gasteiger partial charge in [0.25, 0.3) is 0 Å². The minimum absolute atomic E-state index is 0.0378. The molecule has 0 aromatic carbocycles. The fourth-order valence-electron chi connectivity index (χ4n) is 3.63. The van der Waals surface area contributed by atoms with Crippen molar-refractivity contribution in [1.82, 2.24) is 14.5 Å². The summed E-state index contributed by atoms with van der Waals surface area (Å²) in [6, 6.07) is 0. The molecule has 0 bridgehead atoms. The molecular formula is C14H23N3O. The van der Waals surface area contributed by atoms with Gasteiger partial charge in [0, 0.05) is 32.0 Å². The van der Waals surface area contributed by atoms with E-state index in [1.165, 1.54) is 5.82 Å². The first-order valence-corrected chi connectivity index (χ1v) is 7.16. The second-order valence-corrected chi connectivity index (χ2v) is 5.88. The van der Waals surface area contributed by atoms with Gasteiger partial charge < -0.3 is 9.67 Å². The van der Waals surface area contributed by atoms with Crippen molar-refractivity contribution in [3.63, 3.8) is 0 Å². The lowest BCUT2D eigenvalue weighted by Crippen LogP contribution is -2.24.